The van der Waals surface area contributed by atoms with E-state index in [1.54, 1.807) is 12.1 Å². The molecule has 0 aliphatic rings. The highest BCUT2D eigenvalue weighted by Crippen LogP contribution is 2.26. The summed E-state index contributed by atoms with van der Waals surface area (Å²) in [5, 5.41) is 0. The zero-order chi connectivity index (χ0) is 11.3. The van der Waals surface area contributed by atoms with Crippen molar-refractivity contribution in [1.29, 1.82) is 0 Å². The molecule has 0 aliphatic carbocycles. The molecule has 1 rings (SSSR count). The highest BCUT2D eigenvalue weighted by atomic mass is 32.2. The molecule has 1 aromatic rings. The maximum Gasteiger partial charge on any atom is 0.357 e. The largest absolute Gasteiger partial charge is 0.494 e. The first-order chi connectivity index (χ1) is 7.13. The number of ether oxygens (including phenoxy) is 1. The third kappa shape index (κ3) is 3.77. The second kappa shape index (κ2) is 5.57. The molecule has 6 heteroatoms. The van der Waals surface area contributed by atoms with Crippen LogP contribution in [0.2, 0.25) is 0 Å². The minimum atomic E-state index is -2.36. The van der Waals surface area contributed by atoms with Gasteiger partial charge < -0.3 is 14.7 Å². The van der Waals surface area contributed by atoms with Crippen molar-refractivity contribution in [3.63, 3.8) is 0 Å². The monoisotopic (exact) mass is 231 g/mol. The number of nitrogen functional groups attached to an aromatic ring is 1. The standard InChI is InChI=1S/C9H13NO4S/c1-2-5-13-7-3-4-9(8(10)6-7)14-15(11)12/h3-4,6H,2,5,10H2,1H3,(H,11,12). The van der Waals surface area contributed by atoms with Gasteiger partial charge in [-0.1, -0.05) is 6.92 Å². The summed E-state index contributed by atoms with van der Waals surface area (Å²) in [5.41, 5.74) is 5.86. The highest BCUT2D eigenvalue weighted by Gasteiger charge is 2.05. The third-order valence-electron chi connectivity index (χ3n) is 1.62. The summed E-state index contributed by atoms with van der Waals surface area (Å²) in [5.74, 6) is 0.783. The Labute approximate surface area is 90.7 Å². The molecular formula is C9H13NO4S. The van der Waals surface area contributed by atoms with Crippen LogP contribution in [0, 0.1) is 0 Å². The van der Waals surface area contributed by atoms with Crippen LogP contribution in [0.25, 0.3) is 0 Å². The summed E-state index contributed by atoms with van der Waals surface area (Å²) < 4.78 is 28.8. The molecular weight excluding hydrogens is 218 g/mol. The van der Waals surface area contributed by atoms with Crippen molar-refractivity contribution in [2.24, 2.45) is 0 Å². The fraction of sp³-hybridized carbons (Fsp3) is 0.333. The molecule has 0 aliphatic heterocycles. The summed E-state index contributed by atoms with van der Waals surface area (Å²) in [7, 11) is 0. The number of hydrogen-bond donors (Lipinski definition) is 2. The Morgan fingerprint density at radius 3 is 2.80 bits per heavy atom. The zero-order valence-electron chi connectivity index (χ0n) is 8.30. The molecule has 1 atom stereocenters. The molecule has 0 radical (unpaired) electrons. The van der Waals surface area contributed by atoms with E-state index < -0.39 is 11.4 Å². The number of anilines is 1. The van der Waals surface area contributed by atoms with Crippen molar-refractivity contribution in [3.8, 4) is 11.5 Å². The van der Waals surface area contributed by atoms with E-state index in [-0.39, 0.29) is 11.4 Å². The van der Waals surface area contributed by atoms with Crippen LogP contribution in [0.15, 0.2) is 18.2 Å². The van der Waals surface area contributed by atoms with Gasteiger partial charge in [0.15, 0.2) is 5.75 Å². The Balaban J connectivity index is 2.74. The van der Waals surface area contributed by atoms with Gasteiger partial charge in [-0.05, 0) is 18.6 Å². The molecule has 1 aromatic carbocycles. The van der Waals surface area contributed by atoms with Crippen LogP contribution < -0.4 is 14.7 Å². The van der Waals surface area contributed by atoms with Crippen LogP contribution in [0.1, 0.15) is 13.3 Å². The first-order valence-corrected chi connectivity index (χ1v) is 5.48. The van der Waals surface area contributed by atoms with Crippen molar-refractivity contribution in [3.05, 3.63) is 18.2 Å². The minimum absolute atomic E-state index is 0.166. The molecule has 0 bridgehead atoms. The topological polar surface area (TPSA) is 81.8 Å². The van der Waals surface area contributed by atoms with E-state index in [9.17, 15) is 4.21 Å². The Morgan fingerprint density at radius 2 is 2.27 bits per heavy atom. The van der Waals surface area contributed by atoms with Crippen LogP contribution in [-0.2, 0) is 11.4 Å². The smallest absolute Gasteiger partial charge is 0.357 e. The summed E-state index contributed by atoms with van der Waals surface area (Å²) in [6.45, 7) is 2.60. The van der Waals surface area contributed by atoms with E-state index in [0.717, 1.165) is 6.42 Å². The van der Waals surface area contributed by atoms with E-state index in [4.69, 9.17) is 15.0 Å². The van der Waals surface area contributed by atoms with E-state index in [0.29, 0.717) is 12.4 Å². The summed E-state index contributed by atoms with van der Waals surface area (Å²) in [6.07, 6.45) is 0.902. The molecule has 1 unspecified atom stereocenters. The van der Waals surface area contributed by atoms with Gasteiger partial charge in [-0.25, -0.2) is 0 Å². The lowest BCUT2D eigenvalue weighted by molar-refractivity contribution is 0.317. The molecule has 15 heavy (non-hydrogen) atoms. The lowest BCUT2D eigenvalue weighted by Gasteiger charge is -2.08. The number of benzene rings is 1. The Morgan fingerprint density at radius 1 is 1.53 bits per heavy atom. The van der Waals surface area contributed by atoms with Crippen LogP contribution in [-0.4, -0.2) is 15.4 Å². The van der Waals surface area contributed by atoms with Gasteiger partial charge in [-0.15, -0.1) is 0 Å². The lowest BCUT2D eigenvalue weighted by atomic mass is 10.3. The van der Waals surface area contributed by atoms with Gasteiger partial charge in [-0.3, -0.25) is 4.55 Å². The molecule has 3 N–H and O–H groups in total. The Bertz CT molecular complexity index is 356. The average molecular weight is 231 g/mol. The van der Waals surface area contributed by atoms with Crippen molar-refractivity contribution in [1.82, 2.24) is 0 Å². The summed E-state index contributed by atoms with van der Waals surface area (Å²) in [4.78, 5) is 0. The SMILES string of the molecule is CCCOc1ccc(OS(=O)O)c(N)c1. The van der Waals surface area contributed by atoms with Crippen molar-refractivity contribution < 1.29 is 17.7 Å². The van der Waals surface area contributed by atoms with E-state index in [1.165, 1.54) is 6.07 Å². The van der Waals surface area contributed by atoms with Crippen LogP contribution in [0.5, 0.6) is 11.5 Å². The molecule has 0 spiro atoms. The third-order valence-corrected chi connectivity index (χ3v) is 1.94. The first-order valence-electron chi connectivity index (χ1n) is 4.45. The quantitative estimate of drug-likeness (QED) is 0.593. The molecule has 0 heterocycles. The first kappa shape index (κ1) is 11.8. The molecule has 0 aromatic heterocycles. The van der Waals surface area contributed by atoms with Gasteiger partial charge in [0.1, 0.15) is 5.75 Å². The summed E-state index contributed by atoms with van der Waals surface area (Å²) >= 11 is -2.36. The van der Waals surface area contributed by atoms with Gasteiger partial charge in [0.05, 0.1) is 12.3 Å². The summed E-state index contributed by atoms with van der Waals surface area (Å²) in [6, 6.07) is 4.68. The Kier molecular flexibility index (Phi) is 4.38. The maximum absolute atomic E-state index is 10.4. The van der Waals surface area contributed by atoms with Crippen LogP contribution >= 0.6 is 0 Å². The highest BCUT2D eigenvalue weighted by molar-refractivity contribution is 7.74. The average Bonchev–Trinajstić information content (AvgIpc) is 2.18. The van der Waals surface area contributed by atoms with Gasteiger partial charge in [0, 0.05) is 6.07 Å². The molecule has 0 saturated heterocycles. The van der Waals surface area contributed by atoms with Crippen molar-refractivity contribution in [2.45, 2.75) is 13.3 Å². The van der Waals surface area contributed by atoms with E-state index in [1.807, 2.05) is 6.92 Å². The normalized spacial score (nSPS) is 12.1. The maximum atomic E-state index is 10.4. The van der Waals surface area contributed by atoms with E-state index in [2.05, 4.69) is 4.18 Å². The predicted molar refractivity (Wildman–Crippen MR) is 58.0 cm³/mol. The fourth-order valence-electron chi connectivity index (χ4n) is 0.989. The van der Waals surface area contributed by atoms with Crippen molar-refractivity contribution in [2.75, 3.05) is 12.3 Å². The van der Waals surface area contributed by atoms with Crippen LogP contribution in [0.3, 0.4) is 0 Å². The fourth-order valence-corrected chi connectivity index (χ4v) is 1.29. The number of nitrogens with two attached hydrogens (primary N) is 1. The second-order valence-corrected chi connectivity index (χ2v) is 3.45. The Hall–Kier alpha value is -1.27. The molecule has 84 valence electrons. The minimum Gasteiger partial charge on any atom is -0.494 e. The van der Waals surface area contributed by atoms with Gasteiger partial charge in [0.25, 0.3) is 0 Å². The number of rotatable bonds is 5. The molecule has 5 nitrogen and oxygen atoms in total. The lowest BCUT2D eigenvalue weighted by Crippen LogP contribution is -2.01. The van der Waals surface area contributed by atoms with E-state index >= 15 is 0 Å². The molecule has 0 fully saturated rings. The van der Waals surface area contributed by atoms with Gasteiger partial charge >= 0.3 is 11.4 Å². The zero-order valence-corrected chi connectivity index (χ0v) is 9.12. The van der Waals surface area contributed by atoms with Gasteiger partial charge in [0.2, 0.25) is 0 Å². The molecule has 0 amide bonds. The van der Waals surface area contributed by atoms with Crippen LogP contribution in [0.4, 0.5) is 5.69 Å². The second-order valence-electron chi connectivity index (χ2n) is 2.85. The van der Waals surface area contributed by atoms with Crippen molar-refractivity contribution >= 4 is 17.0 Å². The van der Waals surface area contributed by atoms with Gasteiger partial charge in [-0.2, -0.15) is 4.21 Å². The molecule has 0 saturated carbocycles. The predicted octanol–water partition coefficient (Wildman–Crippen LogP) is 1.57. The number of hydrogen-bond acceptors (Lipinski definition) is 4.